The molecular weight excluding hydrogens is 372 g/mol. The van der Waals surface area contributed by atoms with E-state index in [1.807, 2.05) is 13.8 Å². The fourth-order valence-corrected chi connectivity index (χ4v) is 3.48. The average molecular weight is 399 g/mol. The van der Waals surface area contributed by atoms with E-state index >= 15 is 0 Å². The lowest BCUT2D eigenvalue weighted by molar-refractivity contribution is -0.131. The van der Waals surface area contributed by atoms with Crippen molar-refractivity contribution in [2.75, 3.05) is 19.7 Å². The molecule has 0 radical (unpaired) electrons. The second kappa shape index (κ2) is 8.14. The zero-order valence-corrected chi connectivity index (χ0v) is 16.5. The zero-order chi connectivity index (χ0) is 20.5. The summed E-state index contributed by atoms with van der Waals surface area (Å²) >= 11 is 0. The van der Waals surface area contributed by atoms with Gasteiger partial charge < -0.3 is 19.4 Å². The quantitative estimate of drug-likeness (QED) is 0.823. The smallest absolute Gasteiger partial charge is 0.276 e. The van der Waals surface area contributed by atoms with Gasteiger partial charge in [0.25, 0.3) is 11.8 Å². The summed E-state index contributed by atoms with van der Waals surface area (Å²) in [5.41, 5.74) is 0.109. The minimum Gasteiger partial charge on any atom is -0.443 e. The van der Waals surface area contributed by atoms with Crippen LogP contribution in [0.1, 0.15) is 67.7 Å². The molecule has 3 heterocycles. The number of amides is 2. The summed E-state index contributed by atoms with van der Waals surface area (Å²) in [6.45, 7) is 5.97. The van der Waals surface area contributed by atoms with E-state index in [4.69, 9.17) is 9.15 Å². The first-order valence-electron chi connectivity index (χ1n) is 9.74. The highest BCUT2D eigenvalue weighted by molar-refractivity contribution is 5.93. The lowest BCUT2D eigenvalue weighted by atomic mass is 10.0. The van der Waals surface area contributed by atoms with Crippen molar-refractivity contribution in [1.82, 2.24) is 15.2 Å². The van der Waals surface area contributed by atoms with E-state index in [0.717, 1.165) is 6.42 Å². The molecule has 0 bridgehead atoms. The molecule has 0 saturated carbocycles. The summed E-state index contributed by atoms with van der Waals surface area (Å²) in [4.78, 5) is 30.8. The Morgan fingerprint density at radius 3 is 2.54 bits per heavy atom. The molecule has 1 N–H and O–H groups in total. The van der Waals surface area contributed by atoms with E-state index in [1.165, 1.54) is 4.90 Å². The highest BCUT2D eigenvalue weighted by Gasteiger charge is 2.37. The summed E-state index contributed by atoms with van der Waals surface area (Å²) in [6, 6.07) is -0.511. The summed E-state index contributed by atoms with van der Waals surface area (Å²) < 4.78 is 37.8. The van der Waals surface area contributed by atoms with Gasteiger partial charge in [-0.3, -0.25) is 9.59 Å². The molecule has 1 aromatic rings. The Morgan fingerprint density at radius 2 is 1.96 bits per heavy atom. The van der Waals surface area contributed by atoms with Gasteiger partial charge in [0.05, 0.1) is 0 Å². The number of aromatic nitrogens is 1. The molecule has 0 spiro atoms. The number of hydrogen-bond acceptors (Lipinski definition) is 5. The lowest BCUT2D eigenvalue weighted by Crippen LogP contribution is -2.43. The van der Waals surface area contributed by atoms with Gasteiger partial charge in [0.15, 0.2) is 5.69 Å². The van der Waals surface area contributed by atoms with Crippen LogP contribution in [-0.2, 0) is 9.53 Å². The normalized spacial score (nSPS) is 23.1. The van der Waals surface area contributed by atoms with Crippen LogP contribution in [-0.4, -0.2) is 53.4 Å². The number of nitrogens with one attached hydrogen (secondary N) is 1. The molecule has 2 amide bonds. The number of nitrogens with zero attached hydrogens (tertiary/aromatic N) is 2. The van der Waals surface area contributed by atoms with Gasteiger partial charge in [-0.1, -0.05) is 13.8 Å². The van der Waals surface area contributed by atoms with E-state index in [2.05, 4.69) is 10.3 Å². The van der Waals surface area contributed by atoms with Crippen LogP contribution in [0.25, 0.3) is 0 Å². The van der Waals surface area contributed by atoms with Gasteiger partial charge in [-0.15, -0.1) is 0 Å². The zero-order valence-electron chi connectivity index (χ0n) is 16.5. The average Bonchev–Trinajstić information content (AvgIpc) is 3.28. The van der Waals surface area contributed by atoms with Crippen LogP contribution in [0.5, 0.6) is 0 Å². The number of halogens is 2. The molecule has 156 valence electrons. The topological polar surface area (TPSA) is 84.7 Å². The van der Waals surface area contributed by atoms with Crippen molar-refractivity contribution in [3.05, 3.63) is 17.3 Å². The summed E-state index contributed by atoms with van der Waals surface area (Å²) in [6.07, 6.45) is 0.331. The number of aryl methyl sites for hydroxylation is 1. The molecule has 2 fully saturated rings. The molecule has 3 rings (SSSR count). The molecule has 1 aromatic heterocycles. The number of rotatable bonds is 5. The molecule has 2 aliphatic rings. The molecule has 2 aliphatic heterocycles. The van der Waals surface area contributed by atoms with E-state index in [-0.39, 0.29) is 49.3 Å². The van der Waals surface area contributed by atoms with E-state index in [0.29, 0.717) is 18.8 Å². The number of likely N-dealkylation sites (tertiary alicyclic amines) is 1. The van der Waals surface area contributed by atoms with Crippen molar-refractivity contribution in [3.63, 3.8) is 0 Å². The Hall–Kier alpha value is -2.03. The summed E-state index contributed by atoms with van der Waals surface area (Å²) in [5, 5.41) is 2.90. The Bertz CT molecular complexity index is 719. The first kappa shape index (κ1) is 20.7. The second-order valence-electron chi connectivity index (χ2n) is 7.84. The second-order valence-corrected chi connectivity index (χ2v) is 7.84. The van der Waals surface area contributed by atoms with Crippen molar-refractivity contribution >= 4 is 11.8 Å². The third-order valence-corrected chi connectivity index (χ3v) is 5.25. The molecule has 2 saturated heterocycles. The molecule has 0 aliphatic carbocycles. The van der Waals surface area contributed by atoms with Gasteiger partial charge >= 0.3 is 0 Å². The Balaban J connectivity index is 1.73. The molecule has 7 nitrogen and oxygen atoms in total. The highest BCUT2D eigenvalue weighted by Crippen LogP contribution is 2.30. The van der Waals surface area contributed by atoms with E-state index in [1.54, 1.807) is 6.92 Å². The minimum atomic E-state index is -2.73. The van der Waals surface area contributed by atoms with Crippen molar-refractivity contribution in [1.29, 1.82) is 0 Å². The van der Waals surface area contributed by atoms with Gasteiger partial charge in [0, 0.05) is 32.5 Å². The third kappa shape index (κ3) is 4.51. The van der Waals surface area contributed by atoms with Crippen molar-refractivity contribution in [2.24, 2.45) is 5.92 Å². The van der Waals surface area contributed by atoms with Gasteiger partial charge in [-0.25, -0.2) is 13.8 Å². The monoisotopic (exact) mass is 399 g/mol. The molecule has 9 heteroatoms. The number of oxazole rings is 1. The standard InChI is InChI=1S/C19H27F2N3O4/c1-11(2)14(22-16(25)13-5-4-10-27-13)17-23-15(12(3)28-17)18(26)24-8-6-19(20,21)7-9-24/h11,13-14H,4-10H2,1-3H3,(H,22,25)/t13-,14+/m0/s1. The summed E-state index contributed by atoms with van der Waals surface area (Å²) in [7, 11) is 0. The minimum absolute atomic E-state index is 0.0170. The maximum absolute atomic E-state index is 13.3. The van der Waals surface area contributed by atoms with Crippen molar-refractivity contribution < 1.29 is 27.5 Å². The number of alkyl halides is 2. The fourth-order valence-electron chi connectivity index (χ4n) is 3.48. The van der Waals surface area contributed by atoms with Crippen molar-refractivity contribution in [3.8, 4) is 0 Å². The van der Waals surface area contributed by atoms with Crippen LogP contribution in [0.3, 0.4) is 0 Å². The molecule has 2 atom stereocenters. The largest absolute Gasteiger partial charge is 0.443 e. The SMILES string of the molecule is Cc1oc([C@H](NC(=O)[C@@H]2CCCO2)C(C)C)nc1C(=O)N1CCC(F)(F)CC1. The van der Waals surface area contributed by atoms with Gasteiger partial charge in [0.2, 0.25) is 11.8 Å². The number of hydrogen-bond donors (Lipinski definition) is 1. The maximum atomic E-state index is 13.3. The lowest BCUT2D eigenvalue weighted by Gasteiger charge is -2.31. The van der Waals surface area contributed by atoms with Crippen molar-refractivity contribution in [2.45, 2.75) is 64.5 Å². The summed E-state index contributed by atoms with van der Waals surface area (Å²) in [5.74, 6) is -2.84. The van der Waals surface area contributed by atoms with Crippen LogP contribution in [0.4, 0.5) is 8.78 Å². The van der Waals surface area contributed by atoms with E-state index < -0.39 is 24.0 Å². The van der Waals surface area contributed by atoms with Crippen LogP contribution in [0.15, 0.2) is 4.42 Å². The third-order valence-electron chi connectivity index (χ3n) is 5.25. The Labute approximate surface area is 162 Å². The first-order chi connectivity index (χ1) is 13.2. The Kier molecular flexibility index (Phi) is 6.02. The molecule has 0 unspecified atom stereocenters. The molecule has 28 heavy (non-hydrogen) atoms. The van der Waals surface area contributed by atoms with Gasteiger partial charge in [0.1, 0.15) is 17.9 Å². The van der Waals surface area contributed by atoms with Gasteiger partial charge in [-0.2, -0.15) is 0 Å². The number of carbonyl (C=O) groups is 2. The Morgan fingerprint density at radius 1 is 1.29 bits per heavy atom. The van der Waals surface area contributed by atoms with Crippen LogP contribution >= 0.6 is 0 Å². The molecular formula is C19H27F2N3O4. The van der Waals surface area contributed by atoms with Crippen LogP contribution in [0.2, 0.25) is 0 Å². The highest BCUT2D eigenvalue weighted by atomic mass is 19.3. The predicted molar refractivity (Wildman–Crippen MR) is 96.0 cm³/mol. The molecule has 0 aromatic carbocycles. The van der Waals surface area contributed by atoms with Crippen LogP contribution < -0.4 is 5.32 Å². The van der Waals surface area contributed by atoms with Gasteiger partial charge in [-0.05, 0) is 25.7 Å². The number of piperidine rings is 1. The number of carbonyl (C=O) groups excluding carboxylic acids is 2. The predicted octanol–water partition coefficient (Wildman–Crippen LogP) is 2.85. The number of ether oxygens (including phenoxy) is 1. The van der Waals surface area contributed by atoms with Crippen LogP contribution in [0, 0.1) is 12.8 Å². The first-order valence-corrected chi connectivity index (χ1v) is 9.74. The van der Waals surface area contributed by atoms with E-state index in [9.17, 15) is 18.4 Å². The maximum Gasteiger partial charge on any atom is 0.276 e. The fraction of sp³-hybridized carbons (Fsp3) is 0.737.